The number of aliphatic hydroxyl groups is 2. The van der Waals surface area contributed by atoms with Gasteiger partial charge in [-0.25, -0.2) is 9.59 Å². The number of hydrogen-bond donors (Lipinski definition) is 3. The Balaban J connectivity index is 2.17. The molecule has 2 aliphatic carbocycles. The van der Waals surface area contributed by atoms with Gasteiger partial charge in [-0.3, -0.25) is 8.74 Å². The van der Waals surface area contributed by atoms with Gasteiger partial charge in [-0.2, -0.15) is 4.21 Å². The fraction of sp³-hybridized carbons (Fsp3) is 0.714. The summed E-state index contributed by atoms with van der Waals surface area (Å²) in [5.74, 6) is -1.69. The van der Waals surface area contributed by atoms with Crippen molar-refractivity contribution in [3.63, 3.8) is 0 Å². The van der Waals surface area contributed by atoms with Crippen molar-refractivity contribution in [2.75, 3.05) is 19.8 Å². The lowest BCUT2D eigenvalue weighted by Gasteiger charge is -2.39. The highest BCUT2D eigenvalue weighted by Gasteiger charge is 2.68. The molecule has 0 aromatic carbocycles. The number of fused-ring (bicyclic) bond motifs is 2. The van der Waals surface area contributed by atoms with Crippen molar-refractivity contribution in [3.8, 4) is 0 Å². The van der Waals surface area contributed by atoms with Crippen LogP contribution < -0.4 is 0 Å². The first-order chi connectivity index (χ1) is 11.3. The lowest BCUT2D eigenvalue weighted by Crippen LogP contribution is -2.50. The Bertz CT molecular complexity index is 550. The maximum Gasteiger partial charge on any atom is 0.344 e. The van der Waals surface area contributed by atoms with Crippen LogP contribution in [0.2, 0.25) is 0 Å². The quantitative estimate of drug-likeness (QED) is 0.290. The molecule has 5 atom stereocenters. The molecule has 2 bridgehead atoms. The second-order valence-corrected chi connectivity index (χ2v) is 6.80. The van der Waals surface area contributed by atoms with Gasteiger partial charge in [0.15, 0.2) is 6.61 Å². The Hall–Kier alpha value is -1.33. The Kier molecular flexibility index (Phi) is 5.76. The lowest BCUT2D eigenvalue weighted by atomic mass is 9.78. The molecule has 9 nitrogen and oxygen atoms in total. The largest absolute Gasteiger partial charge is 0.456 e. The van der Waals surface area contributed by atoms with Crippen molar-refractivity contribution in [3.05, 3.63) is 12.7 Å². The predicted octanol–water partition coefficient (Wildman–Crippen LogP) is -0.696. The number of rotatable bonds is 8. The summed E-state index contributed by atoms with van der Waals surface area (Å²) in [7, 11) is 0. The van der Waals surface area contributed by atoms with Crippen LogP contribution in [0.15, 0.2) is 12.7 Å². The molecule has 0 aromatic rings. The Labute approximate surface area is 141 Å². The third-order valence-electron chi connectivity index (χ3n) is 4.88. The van der Waals surface area contributed by atoms with E-state index in [1.54, 1.807) is 0 Å². The summed E-state index contributed by atoms with van der Waals surface area (Å²) >= 11 is -2.64. The number of carbonyl (C=O) groups is 2. The fourth-order valence-corrected chi connectivity index (χ4v) is 4.23. The summed E-state index contributed by atoms with van der Waals surface area (Å²) in [5.41, 5.74) is -1.74. The highest BCUT2D eigenvalue weighted by Crippen LogP contribution is 2.63. The van der Waals surface area contributed by atoms with Crippen LogP contribution in [0.25, 0.3) is 0 Å². The standard InChI is InChI=1S/C14H20O9S/c1-2-9(17)21-5-10(18)22-11-12(23-24(19)20)14(8-16)4-3-13(11,6-14)7-15/h2,11-12,15-16H,1,3-8H2,(H,19,20). The van der Waals surface area contributed by atoms with E-state index in [-0.39, 0.29) is 13.2 Å². The van der Waals surface area contributed by atoms with Crippen LogP contribution in [0.5, 0.6) is 0 Å². The molecule has 136 valence electrons. The van der Waals surface area contributed by atoms with Gasteiger partial charge in [0.1, 0.15) is 12.2 Å². The number of ether oxygens (including phenoxy) is 2. The van der Waals surface area contributed by atoms with E-state index in [4.69, 9.17) is 13.5 Å². The summed E-state index contributed by atoms with van der Waals surface area (Å²) in [4.78, 5) is 22.9. The molecule has 2 fully saturated rings. The first kappa shape index (κ1) is 19.0. The fourth-order valence-electron chi connectivity index (χ4n) is 3.75. The molecule has 0 amide bonds. The lowest BCUT2D eigenvalue weighted by molar-refractivity contribution is -0.175. The normalized spacial score (nSPS) is 35.5. The van der Waals surface area contributed by atoms with Crippen molar-refractivity contribution in [1.29, 1.82) is 0 Å². The van der Waals surface area contributed by atoms with Crippen LogP contribution in [-0.4, -0.2) is 62.9 Å². The van der Waals surface area contributed by atoms with Crippen LogP contribution in [0.1, 0.15) is 19.3 Å². The van der Waals surface area contributed by atoms with Crippen LogP contribution in [0.3, 0.4) is 0 Å². The second-order valence-electron chi connectivity index (χ2n) is 6.17. The smallest absolute Gasteiger partial charge is 0.344 e. The molecule has 0 heterocycles. The van der Waals surface area contributed by atoms with Gasteiger partial charge in [-0.05, 0) is 19.3 Å². The van der Waals surface area contributed by atoms with Gasteiger partial charge in [-0.15, -0.1) is 0 Å². The Morgan fingerprint density at radius 1 is 1.21 bits per heavy atom. The van der Waals surface area contributed by atoms with Crippen LogP contribution in [0.4, 0.5) is 0 Å². The second kappa shape index (κ2) is 7.28. The topological polar surface area (TPSA) is 140 Å². The molecule has 0 spiro atoms. The van der Waals surface area contributed by atoms with E-state index in [0.717, 1.165) is 6.08 Å². The molecule has 2 saturated carbocycles. The van der Waals surface area contributed by atoms with Gasteiger partial charge in [0.05, 0.1) is 13.2 Å². The molecule has 0 aromatic heterocycles. The van der Waals surface area contributed by atoms with Crippen LogP contribution in [0, 0.1) is 10.8 Å². The monoisotopic (exact) mass is 364 g/mol. The van der Waals surface area contributed by atoms with E-state index in [1.807, 2.05) is 0 Å². The third kappa shape index (κ3) is 3.38. The zero-order valence-corrected chi connectivity index (χ0v) is 13.7. The highest BCUT2D eigenvalue weighted by molar-refractivity contribution is 7.74. The van der Waals surface area contributed by atoms with Gasteiger partial charge < -0.3 is 19.7 Å². The molecule has 2 rings (SSSR count). The first-order valence-corrected chi connectivity index (χ1v) is 8.34. The maximum atomic E-state index is 11.9. The van der Waals surface area contributed by atoms with Crippen LogP contribution in [-0.2, 0) is 34.6 Å². The van der Waals surface area contributed by atoms with Crippen LogP contribution >= 0.6 is 0 Å². The van der Waals surface area contributed by atoms with Gasteiger partial charge in [0.2, 0.25) is 0 Å². The van der Waals surface area contributed by atoms with Gasteiger partial charge in [-0.1, -0.05) is 6.58 Å². The van der Waals surface area contributed by atoms with E-state index in [2.05, 4.69) is 11.3 Å². The predicted molar refractivity (Wildman–Crippen MR) is 79.6 cm³/mol. The molecule has 0 saturated heterocycles. The number of hydrogen-bond acceptors (Lipinski definition) is 8. The summed E-state index contributed by atoms with van der Waals surface area (Å²) in [5, 5.41) is 19.5. The maximum absolute atomic E-state index is 11.9. The molecular weight excluding hydrogens is 344 g/mol. The zero-order chi connectivity index (χ0) is 18.0. The van der Waals surface area contributed by atoms with Crippen molar-refractivity contribution >= 4 is 23.3 Å². The van der Waals surface area contributed by atoms with E-state index in [9.17, 15) is 24.0 Å². The van der Waals surface area contributed by atoms with E-state index < -0.39 is 52.9 Å². The molecule has 2 aliphatic rings. The third-order valence-corrected chi connectivity index (χ3v) is 5.25. The van der Waals surface area contributed by atoms with Gasteiger partial charge in [0, 0.05) is 16.9 Å². The highest BCUT2D eigenvalue weighted by atomic mass is 32.2. The number of carbonyl (C=O) groups excluding carboxylic acids is 2. The van der Waals surface area contributed by atoms with Crippen molar-refractivity contribution in [1.82, 2.24) is 0 Å². The molecular formula is C14H20O9S. The minimum atomic E-state index is -2.64. The van der Waals surface area contributed by atoms with Crippen molar-refractivity contribution in [2.45, 2.75) is 31.5 Å². The minimum absolute atomic E-state index is 0.291. The summed E-state index contributed by atoms with van der Waals surface area (Å²) in [6, 6.07) is 0. The molecule has 24 heavy (non-hydrogen) atoms. The van der Waals surface area contributed by atoms with Gasteiger partial charge in [0.25, 0.3) is 0 Å². The van der Waals surface area contributed by atoms with E-state index >= 15 is 0 Å². The van der Waals surface area contributed by atoms with Crippen molar-refractivity contribution in [2.24, 2.45) is 10.8 Å². The molecule has 3 N–H and O–H groups in total. The summed E-state index contributed by atoms with van der Waals surface area (Å²) < 4.78 is 35.0. The first-order valence-electron chi connectivity index (χ1n) is 7.31. The average Bonchev–Trinajstić information content (AvgIpc) is 3.06. The molecule has 0 aliphatic heterocycles. The van der Waals surface area contributed by atoms with E-state index in [0.29, 0.717) is 19.3 Å². The Morgan fingerprint density at radius 2 is 1.79 bits per heavy atom. The van der Waals surface area contributed by atoms with Crippen molar-refractivity contribution < 1.29 is 42.2 Å². The number of aliphatic hydroxyl groups excluding tert-OH is 2. The molecule has 5 unspecified atom stereocenters. The minimum Gasteiger partial charge on any atom is -0.456 e. The van der Waals surface area contributed by atoms with E-state index in [1.165, 1.54) is 0 Å². The zero-order valence-electron chi connectivity index (χ0n) is 12.9. The van der Waals surface area contributed by atoms with Gasteiger partial charge >= 0.3 is 23.3 Å². The SMILES string of the molecule is C=CC(=O)OCC(=O)OC1C(OS(=O)O)C2(CO)CCC1(CO)C2. The number of esters is 2. The molecule has 0 radical (unpaired) electrons. The average molecular weight is 364 g/mol. The Morgan fingerprint density at radius 3 is 2.29 bits per heavy atom. The summed E-state index contributed by atoms with van der Waals surface area (Å²) in [6.45, 7) is 1.86. The summed E-state index contributed by atoms with van der Waals surface area (Å²) in [6.07, 6.45) is 0.0290. The molecule has 10 heteroatoms.